The van der Waals surface area contributed by atoms with E-state index in [9.17, 15) is 10.1 Å². The molecule has 2 heterocycles. The van der Waals surface area contributed by atoms with E-state index in [1.165, 1.54) is 11.9 Å². The van der Waals surface area contributed by atoms with Crippen LogP contribution in [0.4, 0.5) is 17.3 Å². The largest absolute Gasteiger partial charge is 0.353 e. The molecule has 1 fully saturated rings. The van der Waals surface area contributed by atoms with Crippen LogP contribution in [0.25, 0.3) is 0 Å². The van der Waals surface area contributed by atoms with Gasteiger partial charge in [-0.05, 0) is 16.7 Å². The first-order valence-electron chi connectivity index (χ1n) is 12.5. The third-order valence-electron chi connectivity index (χ3n) is 6.62. The molecule has 0 saturated carbocycles. The van der Waals surface area contributed by atoms with Crippen molar-refractivity contribution in [2.45, 2.75) is 19.6 Å². The highest BCUT2D eigenvalue weighted by Gasteiger charge is 2.32. The Morgan fingerprint density at radius 2 is 1.24 bits per heavy atom. The Kier molecular flexibility index (Phi) is 7.66. The Labute approximate surface area is 217 Å². The molecule has 0 bridgehead atoms. The van der Waals surface area contributed by atoms with E-state index in [0.29, 0.717) is 37.8 Å². The monoisotopic (exact) mass is 494 g/mol. The molecule has 188 valence electrons. The lowest BCUT2D eigenvalue weighted by Crippen LogP contribution is -2.46. The van der Waals surface area contributed by atoms with Crippen molar-refractivity contribution in [1.29, 1.82) is 0 Å². The first kappa shape index (κ1) is 24.4. The van der Waals surface area contributed by atoms with E-state index in [4.69, 9.17) is 0 Å². The number of hydrogen-bond donors (Lipinski definition) is 0. The number of anilines is 2. The third kappa shape index (κ3) is 6.10. The van der Waals surface area contributed by atoms with Gasteiger partial charge in [-0.3, -0.25) is 15.0 Å². The molecule has 8 nitrogen and oxygen atoms in total. The van der Waals surface area contributed by atoms with Gasteiger partial charge >= 0.3 is 5.69 Å². The number of nitrogens with zero attached hydrogens (tertiary/aromatic N) is 6. The van der Waals surface area contributed by atoms with Gasteiger partial charge in [0.1, 0.15) is 6.33 Å². The quantitative estimate of drug-likeness (QED) is 0.242. The Bertz CT molecular complexity index is 1250. The molecule has 0 unspecified atom stereocenters. The fourth-order valence-corrected chi connectivity index (χ4v) is 4.76. The normalized spacial score (nSPS) is 13.9. The van der Waals surface area contributed by atoms with Crippen molar-refractivity contribution in [2.24, 2.45) is 0 Å². The van der Waals surface area contributed by atoms with Crippen LogP contribution in [0.3, 0.4) is 0 Å². The van der Waals surface area contributed by atoms with Crippen LogP contribution in [-0.2, 0) is 19.6 Å². The van der Waals surface area contributed by atoms with Gasteiger partial charge in [0, 0.05) is 45.8 Å². The van der Waals surface area contributed by atoms with Crippen molar-refractivity contribution < 1.29 is 4.92 Å². The maximum atomic E-state index is 12.5. The molecule has 3 aromatic carbocycles. The summed E-state index contributed by atoms with van der Waals surface area (Å²) in [4.78, 5) is 27.4. The summed E-state index contributed by atoms with van der Waals surface area (Å²) in [5.41, 5.74) is 3.35. The SMILES string of the molecule is O=[N+]([O-])c1c(N2CCN(Cc3ccccc3)CC2)ncnc1N(Cc1ccccc1)Cc1ccccc1. The van der Waals surface area contributed by atoms with Crippen LogP contribution >= 0.6 is 0 Å². The Balaban J connectivity index is 1.41. The zero-order valence-corrected chi connectivity index (χ0v) is 20.7. The summed E-state index contributed by atoms with van der Waals surface area (Å²) in [5, 5.41) is 12.5. The summed E-state index contributed by atoms with van der Waals surface area (Å²) in [6.45, 7) is 4.82. The van der Waals surface area contributed by atoms with Crippen LogP contribution < -0.4 is 9.80 Å². The maximum absolute atomic E-state index is 12.5. The molecular formula is C29H30N6O2. The van der Waals surface area contributed by atoms with Crippen LogP contribution in [0.15, 0.2) is 97.3 Å². The zero-order valence-electron chi connectivity index (χ0n) is 20.7. The molecule has 0 atom stereocenters. The van der Waals surface area contributed by atoms with E-state index in [0.717, 1.165) is 30.8 Å². The molecule has 1 aliphatic rings. The van der Waals surface area contributed by atoms with E-state index in [2.05, 4.69) is 27.0 Å². The minimum atomic E-state index is -0.329. The molecule has 0 N–H and O–H groups in total. The molecule has 37 heavy (non-hydrogen) atoms. The minimum absolute atomic E-state index is 0.0362. The molecule has 0 spiro atoms. The minimum Gasteiger partial charge on any atom is -0.348 e. The second kappa shape index (κ2) is 11.6. The molecule has 0 aliphatic carbocycles. The van der Waals surface area contributed by atoms with Crippen molar-refractivity contribution >= 4 is 17.3 Å². The van der Waals surface area contributed by atoms with Crippen LogP contribution in [0.1, 0.15) is 16.7 Å². The van der Waals surface area contributed by atoms with E-state index in [-0.39, 0.29) is 10.6 Å². The number of piperazine rings is 1. The van der Waals surface area contributed by atoms with Crippen molar-refractivity contribution in [2.75, 3.05) is 36.0 Å². The first-order chi connectivity index (χ1) is 18.2. The first-order valence-corrected chi connectivity index (χ1v) is 12.5. The molecule has 1 saturated heterocycles. The summed E-state index contributed by atoms with van der Waals surface area (Å²) < 4.78 is 0. The summed E-state index contributed by atoms with van der Waals surface area (Å²) in [5.74, 6) is 0.731. The Morgan fingerprint density at radius 3 is 1.76 bits per heavy atom. The lowest BCUT2D eigenvalue weighted by atomic mass is 10.1. The summed E-state index contributed by atoms with van der Waals surface area (Å²) in [6.07, 6.45) is 1.46. The Morgan fingerprint density at radius 1 is 0.730 bits per heavy atom. The number of benzene rings is 3. The predicted molar refractivity (Wildman–Crippen MR) is 145 cm³/mol. The van der Waals surface area contributed by atoms with Crippen molar-refractivity contribution in [1.82, 2.24) is 14.9 Å². The van der Waals surface area contributed by atoms with E-state index < -0.39 is 0 Å². The second-order valence-corrected chi connectivity index (χ2v) is 9.20. The fraction of sp³-hybridized carbons (Fsp3) is 0.241. The fourth-order valence-electron chi connectivity index (χ4n) is 4.76. The Hall–Kier alpha value is -4.30. The summed E-state index contributed by atoms with van der Waals surface area (Å²) >= 11 is 0. The highest BCUT2D eigenvalue weighted by molar-refractivity contribution is 5.71. The van der Waals surface area contributed by atoms with Crippen molar-refractivity contribution in [3.8, 4) is 0 Å². The number of rotatable bonds is 9. The highest BCUT2D eigenvalue weighted by atomic mass is 16.6. The molecule has 1 aromatic heterocycles. The molecule has 1 aliphatic heterocycles. The van der Waals surface area contributed by atoms with Crippen molar-refractivity contribution in [3.05, 3.63) is 124 Å². The van der Waals surface area contributed by atoms with E-state index in [1.807, 2.05) is 88.7 Å². The van der Waals surface area contributed by atoms with Gasteiger partial charge in [-0.2, -0.15) is 0 Å². The number of hydrogen-bond acceptors (Lipinski definition) is 7. The number of aromatic nitrogens is 2. The van der Waals surface area contributed by atoms with Crippen LogP contribution in [0.2, 0.25) is 0 Å². The molecule has 0 radical (unpaired) electrons. The van der Waals surface area contributed by atoms with Gasteiger partial charge in [-0.1, -0.05) is 91.0 Å². The second-order valence-electron chi connectivity index (χ2n) is 9.20. The third-order valence-corrected chi connectivity index (χ3v) is 6.62. The number of nitro groups is 1. The van der Waals surface area contributed by atoms with Gasteiger partial charge in [0.05, 0.1) is 4.92 Å². The molecule has 8 heteroatoms. The van der Waals surface area contributed by atoms with Crippen molar-refractivity contribution in [3.63, 3.8) is 0 Å². The smallest absolute Gasteiger partial charge is 0.348 e. The van der Waals surface area contributed by atoms with E-state index >= 15 is 0 Å². The lowest BCUT2D eigenvalue weighted by Gasteiger charge is -2.35. The predicted octanol–water partition coefficient (Wildman–Crippen LogP) is 4.91. The van der Waals surface area contributed by atoms with Crippen LogP contribution in [0.5, 0.6) is 0 Å². The molecule has 4 aromatic rings. The van der Waals surface area contributed by atoms with Gasteiger partial charge < -0.3 is 9.80 Å². The lowest BCUT2D eigenvalue weighted by molar-refractivity contribution is -0.383. The van der Waals surface area contributed by atoms with Crippen LogP contribution in [-0.4, -0.2) is 46.0 Å². The molecular weight excluding hydrogens is 464 g/mol. The van der Waals surface area contributed by atoms with Gasteiger partial charge in [0.15, 0.2) is 0 Å². The average molecular weight is 495 g/mol. The van der Waals surface area contributed by atoms with Gasteiger partial charge in [0.25, 0.3) is 0 Å². The summed E-state index contributed by atoms with van der Waals surface area (Å²) in [7, 11) is 0. The zero-order chi connectivity index (χ0) is 25.5. The summed E-state index contributed by atoms with van der Waals surface area (Å²) in [6, 6.07) is 30.3. The van der Waals surface area contributed by atoms with Gasteiger partial charge in [-0.25, -0.2) is 9.97 Å². The highest BCUT2D eigenvalue weighted by Crippen LogP contribution is 2.36. The van der Waals surface area contributed by atoms with E-state index in [1.54, 1.807) is 0 Å². The van der Waals surface area contributed by atoms with Crippen LogP contribution in [0, 0.1) is 10.1 Å². The molecule has 0 amide bonds. The standard InChI is InChI=1S/C29H30N6O2/c36-35(37)27-28(33-18-16-32(17-19-33)20-24-10-4-1-5-11-24)30-23-31-29(27)34(21-25-12-6-2-7-13-25)22-26-14-8-3-9-15-26/h1-15,23H,16-22H2. The topological polar surface area (TPSA) is 78.6 Å². The maximum Gasteiger partial charge on any atom is 0.353 e. The molecule has 5 rings (SSSR count). The van der Waals surface area contributed by atoms with Gasteiger partial charge in [0.2, 0.25) is 11.6 Å². The average Bonchev–Trinajstić information content (AvgIpc) is 2.94. The van der Waals surface area contributed by atoms with Gasteiger partial charge in [-0.15, -0.1) is 0 Å².